The highest BCUT2D eigenvalue weighted by molar-refractivity contribution is 6.02. The molecule has 226 valence electrons. The van der Waals surface area contributed by atoms with Crippen molar-refractivity contribution in [2.45, 2.75) is 90.5 Å². The van der Waals surface area contributed by atoms with Gasteiger partial charge < -0.3 is 29.1 Å². The van der Waals surface area contributed by atoms with Gasteiger partial charge in [0.1, 0.15) is 18.2 Å². The molecule has 5 rings (SSSR count). The average Bonchev–Trinajstić information content (AvgIpc) is 3.07. The van der Waals surface area contributed by atoms with Gasteiger partial charge >= 0.3 is 5.97 Å². The molecule has 4 atom stereocenters. The third kappa shape index (κ3) is 5.35. The minimum absolute atomic E-state index is 0.118. The van der Waals surface area contributed by atoms with Crippen LogP contribution in [0, 0.1) is 12.3 Å². The van der Waals surface area contributed by atoms with Gasteiger partial charge in [-0.25, -0.2) is 4.79 Å². The Morgan fingerprint density at radius 3 is 2.50 bits per heavy atom. The summed E-state index contributed by atoms with van der Waals surface area (Å²) in [6.07, 6.45) is 1.36. The van der Waals surface area contributed by atoms with E-state index in [2.05, 4.69) is 32.9 Å². The topological polar surface area (TPSA) is 106 Å². The number of para-hydroxylation sites is 1. The van der Waals surface area contributed by atoms with E-state index in [9.17, 15) is 19.5 Å². The Bertz CT molecular complexity index is 1380. The van der Waals surface area contributed by atoms with Crippen molar-refractivity contribution in [3.63, 3.8) is 0 Å². The number of carboxylic acid groups (broad SMARTS) is 1. The maximum absolute atomic E-state index is 14.6. The molecule has 0 aromatic heterocycles. The number of hydrogen-bond donors (Lipinski definition) is 1. The van der Waals surface area contributed by atoms with Crippen LogP contribution in [0.25, 0.3) is 0 Å². The highest BCUT2D eigenvalue weighted by Crippen LogP contribution is 2.50. The Hall–Kier alpha value is -3.59. The van der Waals surface area contributed by atoms with Crippen LogP contribution in [0.1, 0.15) is 81.2 Å². The first-order valence-electron chi connectivity index (χ1n) is 14.8. The molecule has 0 unspecified atom stereocenters. The fourth-order valence-electron chi connectivity index (χ4n) is 6.94. The van der Waals surface area contributed by atoms with Crippen molar-refractivity contribution >= 4 is 23.5 Å². The largest absolute Gasteiger partial charge is 0.493 e. The molecule has 2 aromatic rings. The molecule has 42 heavy (non-hydrogen) atoms. The third-order valence-corrected chi connectivity index (χ3v) is 8.88. The zero-order chi connectivity index (χ0) is 30.3. The number of carbonyl (C=O) groups excluding carboxylic acids is 2. The Morgan fingerprint density at radius 2 is 1.83 bits per heavy atom. The number of amides is 2. The second kappa shape index (κ2) is 11.6. The molecule has 0 bridgehead atoms. The maximum atomic E-state index is 14.6. The molecule has 1 saturated heterocycles. The summed E-state index contributed by atoms with van der Waals surface area (Å²) in [5.74, 6) is -0.653. The molecule has 2 amide bonds. The molecule has 3 aliphatic heterocycles. The zero-order valence-electron chi connectivity index (χ0n) is 25.4. The van der Waals surface area contributed by atoms with Crippen LogP contribution in [0.2, 0.25) is 0 Å². The first kappa shape index (κ1) is 29.9. The summed E-state index contributed by atoms with van der Waals surface area (Å²) in [7, 11) is 3.14. The summed E-state index contributed by atoms with van der Waals surface area (Å²) in [6.45, 7) is 8.77. The number of ether oxygens (including phenoxy) is 3. The summed E-state index contributed by atoms with van der Waals surface area (Å²) < 4.78 is 18.2. The number of methoxy groups -OCH3 is 2. The van der Waals surface area contributed by atoms with E-state index in [1.54, 1.807) is 20.3 Å². The third-order valence-electron chi connectivity index (χ3n) is 8.88. The fraction of sp³-hybridized carbons (Fsp3) is 0.545. The van der Waals surface area contributed by atoms with Crippen LogP contribution in [0.3, 0.4) is 0 Å². The lowest BCUT2D eigenvalue weighted by atomic mass is 9.77. The van der Waals surface area contributed by atoms with E-state index in [0.717, 1.165) is 48.1 Å². The summed E-state index contributed by atoms with van der Waals surface area (Å²) in [5.41, 5.74) is 4.25. The highest BCUT2D eigenvalue weighted by atomic mass is 16.5. The van der Waals surface area contributed by atoms with E-state index in [4.69, 9.17) is 14.2 Å². The van der Waals surface area contributed by atoms with Crippen molar-refractivity contribution in [3.05, 3.63) is 52.6 Å². The molecule has 2 aromatic carbocycles. The quantitative estimate of drug-likeness (QED) is 0.511. The lowest BCUT2D eigenvalue weighted by Crippen LogP contribution is -2.54. The van der Waals surface area contributed by atoms with Crippen LogP contribution in [0.4, 0.5) is 5.69 Å². The molecule has 0 aliphatic carbocycles. The van der Waals surface area contributed by atoms with Crippen LogP contribution >= 0.6 is 0 Å². The summed E-state index contributed by atoms with van der Waals surface area (Å²) in [6, 6.07) is 8.74. The van der Waals surface area contributed by atoms with Gasteiger partial charge in [-0.1, -0.05) is 50.6 Å². The van der Waals surface area contributed by atoms with Crippen molar-refractivity contribution in [1.82, 2.24) is 4.90 Å². The monoisotopic (exact) mass is 578 g/mol. The Labute approximate surface area is 247 Å². The smallest absolute Gasteiger partial charge is 0.326 e. The number of aliphatic carboxylic acids is 1. The lowest BCUT2D eigenvalue weighted by molar-refractivity contribution is -0.154. The number of nitrogens with zero attached hydrogens (tertiary/aromatic N) is 2. The van der Waals surface area contributed by atoms with Gasteiger partial charge in [-0.3, -0.25) is 9.59 Å². The van der Waals surface area contributed by atoms with Crippen molar-refractivity contribution in [2.75, 3.05) is 25.7 Å². The van der Waals surface area contributed by atoms with Crippen LogP contribution in [0.5, 0.6) is 11.5 Å². The molecule has 9 heteroatoms. The molecule has 0 saturated carbocycles. The van der Waals surface area contributed by atoms with Gasteiger partial charge in [-0.2, -0.15) is 0 Å². The van der Waals surface area contributed by atoms with Gasteiger partial charge in [0, 0.05) is 23.7 Å². The SMILES string of the molecule is COc1cccc([C@H]2O[C@H](CC(=O)N3CCCC[C@H]3C(=O)O)C(=O)N3c4c(cc(C)cc42)CC[C@H]3C(C)(C)C)c1OC. The molecule has 9 nitrogen and oxygen atoms in total. The molecule has 1 fully saturated rings. The number of carbonyl (C=O) groups is 3. The normalized spacial score (nSPS) is 24.1. The van der Waals surface area contributed by atoms with Gasteiger partial charge in [-0.15, -0.1) is 0 Å². The number of anilines is 1. The van der Waals surface area contributed by atoms with Gasteiger partial charge in [0.05, 0.1) is 26.3 Å². The van der Waals surface area contributed by atoms with Crippen molar-refractivity contribution in [3.8, 4) is 11.5 Å². The minimum atomic E-state index is -1.13. The number of rotatable bonds is 6. The number of carboxylic acids is 1. The maximum Gasteiger partial charge on any atom is 0.326 e. The van der Waals surface area contributed by atoms with Gasteiger partial charge in [0.15, 0.2) is 11.5 Å². The minimum Gasteiger partial charge on any atom is -0.493 e. The van der Waals surface area contributed by atoms with E-state index in [1.807, 2.05) is 24.0 Å². The van der Waals surface area contributed by atoms with E-state index >= 15 is 0 Å². The van der Waals surface area contributed by atoms with E-state index in [0.29, 0.717) is 30.0 Å². The van der Waals surface area contributed by atoms with E-state index in [-0.39, 0.29) is 29.7 Å². The molecule has 0 radical (unpaired) electrons. The van der Waals surface area contributed by atoms with Crippen molar-refractivity contribution < 1.29 is 33.7 Å². The highest BCUT2D eigenvalue weighted by Gasteiger charge is 2.47. The molecule has 1 N–H and O–H groups in total. The molecule has 3 heterocycles. The fourth-order valence-corrected chi connectivity index (χ4v) is 6.94. The number of benzene rings is 2. The molecular formula is C33H42N2O7. The van der Waals surface area contributed by atoms with Crippen LogP contribution in [-0.2, 0) is 25.5 Å². The number of piperidine rings is 1. The second-order valence-electron chi connectivity index (χ2n) is 12.7. The van der Waals surface area contributed by atoms with E-state index in [1.165, 1.54) is 4.90 Å². The van der Waals surface area contributed by atoms with E-state index < -0.39 is 24.2 Å². The molecule has 3 aliphatic rings. The lowest BCUT2D eigenvalue weighted by Gasteiger charge is -2.45. The Morgan fingerprint density at radius 1 is 1.07 bits per heavy atom. The standard InChI is InChI=1S/C33H42N2O7/c1-19-16-20-13-14-26(33(2,3)4)35-28(20)22(17-19)29(21-10-9-12-24(40-5)30(21)41-6)42-25(31(35)37)18-27(36)34-15-8-7-11-23(34)32(38)39/h9-10,12,16-17,23,25-26,29H,7-8,11,13-15,18H2,1-6H3,(H,38,39)/t23-,25+,26-,29+/m0/s1. The first-order chi connectivity index (χ1) is 20.0. The summed E-state index contributed by atoms with van der Waals surface area (Å²) >= 11 is 0. The van der Waals surface area contributed by atoms with Crippen LogP contribution < -0.4 is 14.4 Å². The van der Waals surface area contributed by atoms with Gasteiger partial charge in [0.25, 0.3) is 5.91 Å². The number of hydrogen-bond acceptors (Lipinski definition) is 6. The zero-order valence-corrected chi connectivity index (χ0v) is 25.4. The van der Waals surface area contributed by atoms with Crippen molar-refractivity contribution in [1.29, 1.82) is 0 Å². The second-order valence-corrected chi connectivity index (χ2v) is 12.7. The Kier molecular flexibility index (Phi) is 8.25. The predicted molar refractivity (Wildman–Crippen MR) is 158 cm³/mol. The summed E-state index contributed by atoms with van der Waals surface area (Å²) in [5, 5.41) is 9.82. The predicted octanol–water partition coefficient (Wildman–Crippen LogP) is 5.05. The first-order valence-corrected chi connectivity index (χ1v) is 14.8. The molecular weight excluding hydrogens is 536 g/mol. The van der Waals surface area contributed by atoms with Crippen molar-refractivity contribution in [2.24, 2.45) is 5.41 Å². The number of likely N-dealkylation sites (tertiary alicyclic amines) is 1. The van der Waals surface area contributed by atoms with Crippen LogP contribution in [-0.4, -0.2) is 66.7 Å². The number of aryl methyl sites for hydroxylation is 2. The summed E-state index contributed by atoms with van der Waals surface area (Å²) in [4.78, 5) is 43.7. The van der Waals surface area contributed by atoms with Gasteiger partial charge in [0.2, 0.25) is 5.91 Å². The molecule has 0 spiro atoms. The average molecular weight is 579 g/mol. The van der Waals surface area contributed by atoms with Crippen LogP contribution in [0.15, 0.2) is 30.3 Å². The Balaban J connectivity index is 1.67. The van der Waals surface area contributed by atoms with Gasteiger partial charge in [-0.05, 0) is 56.1 Å².